The van der Waals surface area contributed by atoms with Gasteiger partial charge in [-0.15, -0.1) is 0 Å². The van der Waals surface area contributed by atoms with E-state index in [0.29, 0.717) is 17.4 Å². The lowest BCUT2D eigenvalue weighted by molar-refractivity contribution is 0.477. The summed E-state index contributed by atoms with van der Waals surface area (Å²) in [5, 5.41) is 13.4. The molecule has 0 aliphatic rings. The molecule has 0 bridgehead atoms. The average molecular weight is 626 g/mol. The van der Waals surface area contributed by atoms with Crippen molar-refractivity contribution in [2.24, 2.45) is 0 Å². The van der Waals surface area contributed by atoms with Gasteiger partial charge in [-0.25, -0.2) is 9.97 Å². The smallest absolute Gasteiger partial charge is 0.137 e. The van der Waals surface area contributed by atoms with Crippen molar-refractivity contribution in [1.82, 2.24) is 9.97 Å². The number of hydrogen-bond donors (Lipinski definition) is 1. The molecule has 1 N–H and O–H groups in total. The number of nitrogens with zero attached hydrogens (tertiary/aromatic N) is 3. The number of fused-ring (bicyclic) bond motifs is 1. The van der Waals surface area contributed by atoms with Crippen LogP contribution in [0.5, 0.6) is 5.75 Å². The maximum absolute atomic E-state index is 11.1. The van der Waals surface area contributed by atoms with Crippen molar-refractivity contribution in [2.75, 3.05) is 4.90 Å². The van der Waals surface area contributed by atoms with Crippen LogP contribution in [-0.4, -0.2) is 15.1 Å². The van der Waals surface area contributed by atoms with Crippen molar-refractivity contribution in [3.8, 4) is 39.4 Å². The minimum absolute atomic E-state index is 0.207. The molecule has 48 heavy (non-hydrogen) atoms. The lowest BCUT2D eigenvalue weighted by Gasteiger charge is -2.26. The first-order valence-corrected chi connectivity index (χ1v) is 16.6. The van der Waals surface area contributed by atoms with Crippen molar-refractivity contribution in [2.45, 2.75) is 39.5 Å². The summed E-state index contributed by atoms with van der Waals surface area (Å²) in [5.74, 6) is 1.80. The summed E-state index contributed by atoms with van der Waals surface area (Å²) < 4.78 is 0. The quantitative estimate of drug-likeness (QED) is 0.183. The highest BCUT2D eigenvalue weighted by Gasteiger charge is 2.19. The molecule has 0 saturated carbocycles. The summed E-state index contributed by atoms with van der Waals surface area (Å²) >= 11 is 0. The molecule has 236 valence electrons. The van der Waals surface area contributed by atoms with Crippen LogP contribution in [-0.2, 0) is 0 Å². The van der Waals surface area contributed by atoms with Gasteiger partial charge in [0.1, 0.15) is 11.6 Å². The third-order valence-corrected chi connectivity index (χ3v) is 8.96. The molecule has 4 nitrogen and oxygen atoms in total. The number of hydrogen-bond acceptors (Lipinski definition) is 4. The molecule has 2 aromatic heterocycles. The zero-order valence-electron chi connectivity index (χ0n) is 27.8. The molecule has 0 radical (unpaired) electrons. The van der Waals surface area contributed by atoms with Crippen LogP contribution in [0.1, 0.15) is 50.7 Å². The molecule has 2 heterocycles. The van der Waals surface area contributed by atoms with E-state index in [9.17, 15) is 5.11 Å². The number of anilines is 3. The summed E-state index contributed by atoms with van der Waals surface area (Å²) in [5.41, 5.74) is 9.95. The van der Waals surface area contributed by atoms with Gasteiger partial charge in [0.15, 0.2) is 0 Å². The molecule has 0 fully saturated rings. The van der Waals surface area contributed by atoms with Crippen LogP contribution < -0.4 is 4.90 Å². The van der Waals surface area contributed by atoms with E-state index >= 15 is 0 Å². The number of benzene rings is 5. The lowest BCUT2D eigenvalue weighted by Crippen LogP contribution is -2.12. The molecule has 0 atom stereocenters. The Kier molecular flexibility index (Phi) is 8.48. The van der Waals surface area contributed by atoms with Crippen LogP contribution in [0.2, 0.25) is 0 Å². The number of aromatic hydroxyl groups is 1. The fraction of sp³-hybridized carbons (Fsp3) is 0.136. The predicted molar refractivity (Wildman–Crippen MR) is 200 cm³/mol. The number of phenols is 1. The van der Waals surface area contributed by atoms with E-state index in [0.717, 1.165) is 50.7 Å². The van der Waals surface area contributed by atoms with Gasteiger partial charge in [-0.1, -0.05) is 119 Å². The number of para-hydroxylation sites is 1. The Morgan fingerprint density at radius 2 is 1.29 bits per heavy atom. The molecule has 5 aromatic carbocycles. The summed E-state index contributed by atoms with van der Waals surface area (Å²) in [6, 6.07) is 47.8. The van der Waals surface area contributed by atoms with Crippen molar-refractivity contribution >= 4 is 28.0 Å². The fourth-order valence-electron chi connectivity index (χ4n) is 6.32. The van der Waals surface area contributed by atoms with Crippen LogP contribution in [0.3, 0.4) is 0 Å². The first-order chi connectivity index (χ1) is 23.4. The maximum atomic E-state index is 11.1. The van der Waals surface area contributed by atoms with Crippen LogP contribution in [0.4, 0.5) is 17.2 Å². The molecule has 0 aliphatic carbocycles. The van der Waals surface area contributed by atoms with Crippen molar-refractivity contribution in [3.05, 3.63) is 157 Å². The molecule has 0 aliphatic heterocycles. The van der Waals surface area contributed by atoms with E-state index in [1.807, 2.05) is 42.6 Å². The van der Waals surface area contributed by atoms with Crippen molar-refractivity contribution < 1.29 is 5.11 Å². The molecule has 7 rings (SSSR count). The minimum Gasteiger partial charge on any atom is -0.507 e. The van der Waals surface area contributed by atoms with Gasteiger partial charge in [0.05, 0.1) is 17.1 Å². The number of aromatic nitrogens is 2. The predicted octanol–water partition coefficient (Wildman–Crippen LogP) is 12.1. The SMILES string of the molecule is CC(C)c1cc(-c2ccc(-c3cccc(N(c4ccccn4)c4cccc5ccccc45)c3)nc2-c2ccccc2O)cc(C(C)C)c1. The van der Waals surface area contributed by atoms with Crippen LogP contribution >= 0.6 is 0 Å². The Balaban J connectivity index is 1.40. The summed E-state index contributed by atoms with van der Waals surface area (Å²) in [6.45, 7) is 8.92. The molecule has 0 spiro atoms. The Morgan fingerprint density at radius 1 is 0.583 bits per heavy atom. The van der Waals surface area contributed by atoms with E-state index in [-0.39, 0.29) is 5.75 Å². The molecular weight excluding hydrogens is 587 g/mol. The first kappa shape index (κ1) is 30.9. The topological polar surface area (TPSA) is 49.2 Å². The van der Waals surface area contributed by atoms with Gasteiger partial charge in [-0.05, 0) is 82.4 Å². The molecule has 0 amide bonds. The zero-order valence-corrected chi connectivity index (χ0v) is 27.8. The maximum Gasteiger partial charge on any atom is 0.137 e. The Morgan fingerprint density at radius 3 is 2.04 bits per heavy atom. The standard InChI is InChI=1S/C44H39N3O/c1-29(2)33-25-34(30(3)4)27-35(26-33)38-22-23-40(46-44(38)39-18-7-8-20-42(39)48)32-15-11-16-36(28-32)47(43-21-9-10-24-45-43)41-19-12-14-31-13-5-6-17-37(31)41/h5-30,48H,1-4H3. The van der Waals surface area contributed by atoms with Gasteiger partial charge in [-0.2, -0.15) is 0 Å². The normalized spacial score (nSPS) is 11.4. The highest BCUT2D eigenvalue weighted by molar-refractivity contribution is 5.98. The fourth-order valence-corrected chi connectivity index (χ4v) is 6.32. The van der Waals surface area contributed by atoms with Crippen molar-refractivity contribution in [1.29, 1.82) is 0 Å². The number of pyridine rings is 2. The van der Waals surface area contributed by atoms with E-state index in [4.69, 9.17) is 9.97 Å². The molecule has 4 heteroatoms. The minimum atomic E-state index is 0.207. The molecule has 0 unspecified atom stereocenters. The van der Waals surface area contributed by atoms with Gasteiger partial charge in [-0.3, -0.25) is 4.90 Å². The Bertz CT molecular complexity index is 2190. The van der Waals surface area contributed by atoms with Crippen LogP contribution in [0.25, 0.3) is 44.4 Å². The first-order valence-electron chi connectivity index (χ1n) is 16.6. The molecule has 0 saturated heterocycles. The van der Waals surface area contributed by atoms with Gasteiger partial charge < -0.3 is 5.11 Å². The second-order valence-corrected chi connectivity index (χ2v) is 12.9. The monoisotopic (exact) mass is 625 g/mol. The Hall–Kier alpha value is -5.74. The van der Waals surface area contributed by atoms with Crippen LogP contribution in [0.15, 0.2) is 146 Å². The van der Waals surface area contributed by atoms with Gasteiger partial charge >= 0.3 is 0 Å². The van der Waals surface area contributed by atoms with Gasteiger partial charge in [0.2, 0.25) is 0 Å². The highest BCUT2D eigenvalue weighted by atomic mass is 16.3. The van der Waals surface area contributed by atoms with Gasteiger partial charge in [0.25, 0.3) is 0 Å². The van der Waals surface area contributed by atoms with E-state index < -0.39 is 0 Å². The summed E-state index contributed by atoms with van der Waals surface area (Å²) in [7, 11) is 0. The van der Waals surface area contributed by atoms with E-state index in [1.54, 1.807) is 6.07 Å². The third-order valence-electron chi connectivity index (χ3n) is 8.96. The zero-order chi connectivity index (χ0) is 33.2. The third kappa shape index (κ3) is 6.05. The van der Waals surface area contributed by atoms with Crippen LogP contribution in [0, 0.1) is 0 Å². The second kappa shape index (κ2) is 13.2. The van der Waals surface area contributed by atoms with Gasteiger partial charge in [0, 0.05) is 34.0 Å². The number of rotatable bonds is 8. The highest BCUT2D eigenvalue weighted by Crippen LogP contribution is 2.41. The summed E-state index contributed by atoms with van der Waals surface area (Å²) in [6.07, 6.45) is 1.83. The Labute approximate surface area is 283 Å². The van der Waals surface area contributed by atoms with E-state index in [1.165, 1.54) is 16.5 Å². The second-order valence-electron chi connectivity index (χ2n) is 12.9. The lowest BCUT2D eigenvalue weighted by atomic mass is 9.89. The van der Waals surface area contributed by atoms with Crippen molar-refractivity contribution in [3.63, 3.8) is 0 Å². The average Bonchev–Trinajstić information content (AvgIpc) is 3.12. The largest absolute Gasteiger partial charge is 0.507 e. The molecule has 7 aromatic rings. The number of phenolic OH excluding ortho intramolecular Hbond substituents is 1. The summed E-state index contributed by atoms with van der Waals surface area (Å²) in [4.78, 5) is 12.3. The molecular formula is C44H39N3O. The van der Waals surface area contributed by atoms with E-state index in [2.05, 4.69) is 130 Å².